The van der Waals surface area contributed by atoms with E-state index >= 15 is 0 Å². The van der Waals surface area contributed by atoms with E-state index in [0.717, 1.165) is 10.6 Å². The second kappa shape index (κ2) is 5.45. The summed E-state index contributed by atoms with van der Waals surface area (Å²) < 4.78 is 1.62. The predicted octanol–water partition coefficient (Wildman–Crippen LogP) is 2.59. The van der Waals surface area contributed by atoms with Crippen molar-refractivity contribution in [3.63, 3.8) is 0 Å². The summed E-state index contributed by atoms with van der Waals surface area (Å²) in [6, 6.07) is 11.2. The molecule has 106 valence electrons. The molecule has 1 aromatic carbocycles. The molecule has 0 atom stereocenters. The molecule has 0 fully saturated rings. The maximum atomic E-state index is 12.1. The molecular formula is C14H13N5OS. The van der Waals surface area contributed by atoms with E-state index < -0.39 is 0 Å². The maximum Gasteiger partial charge on any atom is 0.265 e. The molecule has 1 N–H and O–H groups in total. The van der Waals surface area contributed by atoms with E-state index in [9.17, 15) is 4.79 Å². The lowest BCUT2D eigenvalue weighted by Crippen LogP contribution is -2.10. The van der Waals surface area contributed by atoms with Gasteiger partial charge in [-0.15, -0.1) is 16.4 Å². The van der Waals surface area contributed by atoms with Gasteiger partial charge in [0, 0.05) is 10.6 Å². The van der Waals surface area contributed by atoms with Gasteiger partial charge in [-0.3, -0.25) is 4.79 Å². The van der Waals surface area contributed by atoms with Gasteiger partial charge < -0.3 is 5.32 Å². The van der Waals surface area contributed by atoms with Gasteiger partial charge in [-0.25, -0.2) is 0 Å². The topological polar surface area (TPSA) is 72.7 Å². The fraction of sp³-hybridized carbons (Fsp3) is 0.143. The Morgan fingerprint density at radius 3 is 2.76 bits per heavy atom. The predicted molar refractivity (Wildman–Crippen MR) is 80.9 cm³/mol. The summed E-state index contributed by atoms with van der Waals surface area (Å²) in [6.07, 6.45) is 0. The van der Waals surface area contributed by atoms with Crippen LogP contribution in [0.25, 0.3) is 5.69 Å². The Balaban J connectivity index is 1.84. The van der Waals surface area contributed by atoms with Crippen molar-refractivity contribution in [1.29, 1.82) is 0 Å². The van der Waals surface area contributed by atoms with Crippen molar-refractivity contribution in [3.8, 4) is 5.69 Å². The average Bonchev–Trinajstić information content (AvgIpc) is 3.08. The van der Waals surface area contributed by atoms with Gasteiger partial charge in [0.2, 0.25) is 0 Å². The van der Waals surface area contributed by atoms with Crippen molar-refractivity contribution in [2.24, 2.45) is 0 Å². The maximum absolute atomic E-state index is 12.1. The third-order valence-electron chi connectivity index (χ3n) is 2.94. The summed E-state index contributed by atoms with van der Waals surface area (Å²) in [7, 11) is 0. The van der Waals surface area contributed by atoms with Gasteiger partial charge in [-0.05, 0) is 54.6 Å². The third kappa shape index (κ3) is 2.82. The fourth-order valence-corrected chi connectivity index (χ4v) is 2.70. The van der Waals surface area contributed by atoms with Gasteiger partial charge in [-0.1, -0.05) is 6.07 Å². The number of thiophene rings is 1. The van der Waals surface area contributed by atoms with E-state index in [2.05, 4.69) is 20.8 Å². The van der Waals surface area contributed by atoms with E-state index in [4.69, 9.17) is 0 Å². The van der Waals surface area contributed by atoms with Crippen LogP contribution in [0.5, 0.6) is 0 Å². The molecule has 0 unspecified atom stereocenters. The summed E-state index contributed by atoms with van der Waals surface area (Å²) in [5, 5.41) is 14.3. The molecule has 3 aromatic rings. The number of nitrogens with one attached hydrogen (secondary N) is 1. The number of hydrogen-bond acceptors (Lipinski definition) is 5. The van der Waals surface area contributed by atoms with Crippen LogP contribution in [0.4, 0.5) is 5.69 Å². The molecular weight excluding hydrogens is 286 g/mol. The van der Waals surface area contributed by atoms with E-state index in [0.29, 0.717) is 16.4 Å². The van der Waals surface area contributed by atoms with Crippen molar-refractivity contribution < 1.29 is 4.79 Å². The largest absolute Gasteiger partial charge is 0.321 e. The molecule has 0 radical (unpaired) electrons. The fourth-order valence-electron chi connectivity index (χ4n) is 1.93. The van der Waals surface area contributed by atoms with Crippen LogP contribution < -0.4 is 5.32 Å². The highest BCUT2D eigenvalue weighted by Crippen LogP contribution is 2.19. The number of aromatic nitrogens is 4. The standard InChI is InChI=1S/C14H13N5OS/c1-9-6-7-13(21-9)14(20)15-11-4-3-5-12(8-11)19-10(2)16-17-18-19/h3-8H,1-2H3,(H,15,20). The lowest BCUT2D eigenvalue weighted by molar-refractivity contribution is 0.103. The molecule has 0 bridgehead atoms. The Hall–Kier alpha value is -2.54. The number of hydrogen-bond donors (Lipinski definition) is 1. The molecule has 21 heavy (non-hydrogen) atoms. The Morgan fingerprint density at radius 2 is 2.10 bits per heavy atom. The number of amides is 1. The molecule has 0 saturated heterocycles. The Bertz CT molecular complexity index is 792. The molecule has 0 aliphatic rings. The molecule has 6 nitrogen and oxygen atoms in total. The van der Waals surface area contributed by atoms with Crippen molar-refractivity contribution in [1.82, 2.24) is 20.2 Å². The molecule has 7 heteroatoms. The molecule has 1 amide bonds. The van der Waals surface area contributed by atoms with Crippen LogP contribution in [0.1, 0.15) is 20.4 Å². The first-order valence-electron chi connectivity index (χ1n) is 6.37. The van der Waals surface area contributed by atoms with Crippen LogP contribution in [-0.2, 0) is 0 Å². The van der Waals surface area contributed by atoms with Crippen LogP contribution >= 0.6 is 11.3 Å². The molecule has 0 spiro atoms. The molecule has 2 aromatic heterocycles. The zero-order chi connectivity index (χ0) is 14.8. The van der Waals surface area contributed by atoms with Gasteiger partial charge >= 0.3 is 0 Å². The average molecular weight is 299 g/mol. The number of anilines is 1. The first-order valence-corrected chi connectivity index (χ1v) is 7.18. The highest BCUT2D eigenvalue weighted by Gasteiger charge is 2.09. The molecule has 0 aliphatic heterocycles. The number of benzene rings is 1. The van der Waals surface area contributed by atoms with Crippen LogP contribution in [0, 0.1) is 13.8 Å². The van der Waals surface area contributed by atoms with Gasteiger partial charge in [0.05, 0.1) is 10.6 Å². The second-order valence-corrected chi connectivity index (χ2v) is 5.84. The van der Waals surface area contributed by atoms with E-state index in [-0.39, 0.29) is 5.91 Å². The molecule has 0 saturated carbocycles. The first kappa shape index (κ1) is 13.4. The SMILES string of the molecule is Cc1ccc(C(=O)Nc2cccc(-n3nnnc3C)c2)s1. The first-order chi connectivity index (χ1) is 10.1. The molecule has 0 aliphatic carbocycles. The van der Waals surface area contributed by atoms with E-state index in [1.54, 1.807) is 4.68 Å². The van der Waals surface area contributed by atoms with Gasteiger partial charge in [0.25, 0.3) is 5.91 Å². The Morgan fingerprint density at radius 1 is 1.24 bits per heavy atom. The lowest BCUT2D eigenvalue weighted by atomic mass is 10.2. The second-order valence-electron chi connectivity index (χ2n) is 4.55. The van der Waals surface area contributed by atoms with Crippen LogP contribution in [-0.4, -0.2) is 26.1 Å². The minimum absolute atomic E-state index is 0.112. The Kier molecular flexibility index (Phi) is 3.49. The van der Waals surface area contributed by atoms with Crippen molar-refractivity contribution in [2.75, 3.05) is 5.32 Å². The van der Waals surface area contributed by atoms with Crippen molar-refractivity contribution >= 4 is 22.9 Å². The zero-order valence-electron chi connectivity index (χ0n) is 11.6. The third-order valence-corrected chi connectivity index (χ3v) is 3.94. The van der Waals surface area contributed by atoms with Gasteiger partial charge in [0.15, 0.2) is 5.82 Å². The summed E-state index contributed by atoms with van der Waals surface area (Å²) in [5.41, 5.74) is 1.51. The smallest absolute Gasteiger partial charge is 0.265 e. The summed E-state index contributed by atoms with van der Waals surface area (Å²) in [4.78, 5) is 13.9. The highest BCUT2D eigenvalue weighted by molar-refractivity contribution is 7.14. The van der Waals surface area contributed by atoms with Crippen molar-refractivity contribution in [3.05, 3.63) is 52.0 Å². The number of aryl methyl sites for hydroxylation is 2. The summed E-state index contributed by atoms with van der Waals surface area (Å²) >= 11 is 1.47. The monoisotopic (exact) mass is 299 g/mol. The molecule has 3 rings (SSSR count). The molecule has 2 heterocycles. The quantitative estimate of drug-likeness (QED) is 0.807. The Labute approximate surface area is 125 Å². The number of carbonyl (C=O) groups is 1. The highest BCUT2D eigenvalue weighted by atomic mass is 32.1. The van der Waals surface area contributed by atoms with Crippen molar-refractivity contribution in [2.45, 2.75) is 13.8 Å². The van der Waals surface area contributed by atoms with Gasteiger partial charge in [-0.2, -0.15) is 4.68 Å². The normalized spacial score (nSPS) is 10.6. The minimum atomic E-state index is -0.112. The zero-order valence-corrected chi connectivity index (χ0v) is 12.4. The number of rotatable bonds is 3. The van der Waals surface area contributed by atoms with Gasteiger partial charge in [0.1, 0.15) is 0 Å². The van der Waals surface area contributed by atoms with E-state index in [1.807, 2.05) is 50.2 Å². The summed E-state index contributed by atoms with van der Waals surface area (Å²) in [5.74, 6) is 0.575. The summed E-state index contributed by atoms with van der Waals surface area (Å²) in [6.45, 7) is 3.79. The number of nitrogens with zero attached hydrogens (tertiary/aromatic N) is 4. The van der Waals surface area contributed by atoms with Crippen LogP contribution in [0.3, 0.4) is 0 Å². The van der Waals surface area contributed by atoms with Crippen LogP contribution in [0.2, 0.25) is 0 Å². The van der Waals surface area contributed by atoms with E-state index in [1.165, 1.54) is 11.3 Å². The number of tetrazole rings is 1. The minimum Gasteiger partial charge on any atom is -0.321 e. The van der Waals surface area contributed by atoms with Crippen LogP contribution in [0.15, 0.2) is 36.4 Å². The lowest BCUT2D eigenvalue weighted by Gasteiger charge is -2.06. The number of carbonyl (C=O) groups excluding carboxylic acids is 1.